The molecule has 2 aliphatic rings. The van der Waals surface area contributed by atoms with Crippen molar-refractivity contribution in [3.8, 4) is 0 Å². The highest BCUT2D eigenvalue weighted by molar-refractivity contribution is 6.99. The zero-order chi connectivity index (χ0) is 24.7. The summed E-state index contributed by atoms with van der Waals surface area (Å²) < 4.78 is 18.5. The molecule has 182 valence electrons. The van der Waals surface area contributed by atoms with Gasteiger partial charge in [-0.05, 0) is 42.6 Å². The summed E-state index contributed by atoms with van der Waals surface area (Å²) in [6, 6.07) is 21.0. The molecule has 1 aliphatic carbocycles. The largest absolute Gasteiger partial charge is 0.461 e. The van der Waals surface area contributed by atoms with Crippen molar-refractivity contribution < 1.29 is 23.5 Å². The molecule has 0 unspecified atom stereocenters. The Morgan fingerprint density at radius 1 is 0.941 bits per heavy atom. The predicted octanol–water partition coefficient (Wildman–Crippen LogP) is 4.08. The van der Waals surface area contributed by atoms with E-state index < -0.39 is 19.8 Å². The minimum atomic E-state index is -2.74. The maximum absolute atomic E-state index is 12.5. The van der Waals surface area contributed by atoms with E-state index >= 15 is 0 Å². The van der Waals surface area contributed by atoms with Crippen LogP contribution in [0.1, 0.15) is 48.0 Å². The molecule has 1 heterocycles. The lowest BCUT2D eigenvalue weighted by Crippen LogP contribution is -2.69. The maximum Gasteiger partial charge on any atom is 0.311 e. The van der Waals surface area contributed by atoms with Gasteiger partial charge in [0.15, 0.2) is 0 Å². The van der Waals surface area contributed by atoms with Gasteiger partial charge in [0.2, 0.25) is 0 Å². The first-order valence-corrected chi connectivity index (χ1v) is 14.0. The minimum absolute atomic E-state index is 0.0730. The minimum Gasteiger partial charge on any atom is -0.461 e. The van der Waals surface area contributed by atoms with Crippen molar-refractivity contribution in [1.29, 1.82) is 0 Å². The fourth-order valence-electron chi connectivity index (χ4n) is 5.26. The van der Waals surface area contributed by atoms with Crippen LogP contribution in [0.15, 0.2) is 60.7 Å². The van der Waals surface area contributed by atoms with E-state index in [2.05, 4.69) is 69.3 Å². The normalized spacial score (nSPS) is 24.7. The molecule has 5 nitrogen and oxygen atoms in total. The topological polar surface area (TPSA) is 61.8 Å². The van der Waals surface area contributed by atoms with Gasteiger partial charge in [0.25, 0.3) is 8.32 Å². The molecule has 0 radical (unpaired) electrons. The number of rotatable bonds is 6. The monoisotopic (exact) mass is 480 g/mol. The van der Waals surface area contributed by atoms with Crippen LogP contribution in [0.4, 0.5) is 0 Å². The third kappa shape index (κ3) is 4.34. The third-order valence-corrected chi connectivity index (χ3v) is 12.2. The summed E-state index contributed by atoms with van der Waals surface area (Å²) in [7, 11) is -2.74. The first-order valence-electron chi connectivity index (χ1n) is 12.1. The number of carbonyl (C=O) groups is 2. The lowest BCUT2D eigenvalue weighted by atomic mass is 9.70. The van der Waals surface area contributed by atoms with Gasteiger partial charge in [-0.15, -0.1) is 0 Å². The Kier molecular flexibility index (Phi) is 6.51. The Hall–Kier alpha value is -2.44. The van der Waals surface area contributed by atoms with Crippen LogP contribution in [-0.4, -0.2) is 39.1 Å². The number of fused-ring (bicyclic) bond motifs is 1. The van der Waals surface area contributed by atoms with Gasteiger partial charge in [-0.3, -0.25) is 9.59 Å². The number of benzene rings is 2. The van der Waals surface area contributed by atoms with Crippen LogP contribution in [0.25, 0.3) is 0 Å². The van der Waals surface area contributed by atoms with E-state index in [-0.39, 0.29) is 41.5 Å². The van der Waals surface area contributed by atoms with Crippen molar-refractivity contribution in [1.82, 2.24) is 0 Å². The van der Waals surface area contributed by atoms with E-state index in [1.165, 1.54) is 10.4 Å². The molecule has 0 amide bonds. The van der Waals surface area contributed by atoms with Crippen molar-refractivity contribution in [2.75, 3.05) is 6.61 Å². The molecule has 1 saturated carbocycles. The van der Waals surface area contributed by atoms with Gasteiger partial charge in [0, 0.05) is 5.92 Å². The summed E-state index contributed by atoms with van der Waals surface area (Å²) in [6.45, 7) is 12.3. The quantitative estimate of drug-likeness (QED) is 0.461. The average molecular weight is 481 g/mol. The summed E-state index contributed by atoms with van der Waals surface area (Å²) in [5, 5.41) is 2.26. The van der Waals surface area contributed by atoms with Gasteiger partial charge < -0.3 is 13.9 Å². The highest BCUT2D eigenvalue weighted by Crippen LogP contribution is 2.49. The second kappa shape index (κ2) is 8.97. The SMILES string of the molecule is CC(C)(C)C(=O)OC[C@H]1OC(=O)[C@@H]2C[C@H](O[Si](c3ccccc3)(c3ccccc3)C(C)(C)C)[C@H]12. The number of carbonyl (C=O) groups excluding carboxylic acids is 2. The molecular weight excluding hydrogens is 444 g/mol. The van der Waals surface area contributed by atoms with E-state index in [9.17, 15) is 9.59 Å². The van der Waals surface area contributed by atoms with E-state index in [1.807, 2.05) is 32.9 Å². The van der Waals surface area contributed by atoms with Crippen LogP contribution in [0.3, 0.4) is 0 Å². The lowest BCUT2D eigenvalue weighted by molar-refractivity contribution is -0.160. The van der Waals surface area contributed by atoms with Gasteiger partial charge in [-0.1, -0.05) is 81.4 Å². The van der Waals surface area contributed by atoms with Crippen LogP contribution in [0, 0.1) is 17.3 Å². The average Bonchev–Trinajstić information content (AvgIpc) is 3.01. The Balaban J connectivity index is 1.66. The summed E-state index contributed by atoms with van der Waals surface area (Å²) in [5.41, 5.74) is -0.605. The highest BCUT2D eigenvalue weighted by Gasteiger charge is 2.61. The summed E-state index contributed by atoms with van der Waals surface area (Å²) in [6.07, 6.45) is 0.0272. The van der Waals surface area contributed by atoms with E-state index in [1.54, 1.807) is 0 Å². The third-order valence-electron chi connectivity index (χ3n) is 7.12. The van der Waals surface area contributed by atoms with Crippen LogP contribution >= 0.6 is 0 Å². The van der Waals surface area contributed by atoms with E-state index in [4.69, 9.17) is 13.9 Å². The summed E-state index contributed by atoms with van der Waals surface area (Å²) in [5.74, 6) is -0.802. The number of hydrogen-bond donors (Lipinski definition) is 0. The van der Waals surface area contributed by atoms with Crippen LogP contribution in [0.5, 0.6) is 0 Å². The molecule has 1 saturated heterocycles. The van der Waals surface area contributed by atoms with Gasteiger partial charge in [-0.25, -0.2) is 0 Å². The van der Waals surface area contributed by atoms with Crippen molar-refractivity contribution >= 4 is 30.6 Å². The molecule has 0 N–H and O–H groups in total. The summed E-state index contributed by atoms with van der Waals surface area (Å²) in [4.78, 5) is 24.9. The van der Waals surface area contributed by atoms with Crippen LogP contribution in [-0.2, 0) is 23.5 Å². The zero-order valence-corrected chi connectivity index (χ0v) is 22.0. The zero-order valence-electron chi connectivity index (χ0n) is 21.0. The molecule has 2 aromatic rings. The number of hydrogen-bond acceptors (Lipinski definition) is 5. The van der Waals surface area contributed by atoms with Crippen molar-refractivity contribution in [2.45, 2.75) is 65.2 Å². The van der Waals surface area contributed by atoms with Crippen LogP contribution in [0.2, 0.25) is 5.04 Å². The molecule has 1 aliphatic heterocycles. The molecule has 34 heavy (non-hydrogen) atoms. The molecule has 0 bridgehead atoms. The molecular formula is C28H36O5Si. The standard InChI is InChI=1S/C28H36O5Si/c1-27(2,3)26(30)31-18-23-24-21(25(29)32-23)17-22(24)33-34(28(4,5)6,19-13-9-7-10-14-19)20-15-11-8-12-16-20/h7-16,21-24H,17-18H2,1-6H3/t21-,22+,23-,24-/m1/s1. The van der Waals surface area contributed by atoms with E-state index in [0.29, 0.717) is 6.42 Å². The smallest absolute Gasteiger partial charge is 0.311 e. The summed E-state index contributed by atoms with van der Waals surface area (Å²) >= 11 is 0. The Morgan fingerprint density at radius 3 is 1.94 bits per heavy atom. The van der Waals surface area contributed by atoms with Gasteiger partial charge >= 0.3 is 11.9 Å². The molecule has 2 fully saturated rings. The van der Waals surface area contributed by atoms with Crippen molar-refractivity contribution in [2.24, 2.45) is 17.3 Å². The molecule has 0 spiro atoms. The number of ether oxygens (including phenoxy) is 2. The van der Waals surface area contributed by atoms with Gasteiger partial charge in [0.1, 0.15) is 12.7 Å². The molecule has 4 atom stereocenters. The Morgan fingerprint density at radius 2 is 1.47 bits per heavy atom. The number of cyclic esters (lactones) is 1. The Labute approximate surface area is 203 Å². The fraction of sp³-hybridized carbons (Fsp3) is 0.500. The Bertz CT molecular complexity index is 983. The lowest BCUT2D eigenvalue weighted by Gasteiger charge is -2.50. The maximum atomic E-state index is 12.5. The highest BCUT2D eigenvalue weighted by atomic mass is 28.4. The van der Waals surface area contributed by atoms with E-state index in [0.717, 1.165) is 0 Å². The fourth-order valence-corrected chi connectivity index (χ4v) is 9.98. The van der Waals surface area contributed by atoms with Gasteiger partial charge in [-0.2, -0.15) is 0 Å². The second-order valence-corrected chi connectivity index (χ2v) is 15.8. The second-order valence-electron chi connectivity index (χ2n) is 11.6. The van der Waals surface area contributed by atoms with Crippen molar-refractivity contribution in [3.05, 3.63) is 60.7 Å². The van der Waals surface area contributed by atoms with Crippen molar-refractivity contribution in [3.63, 3.8) is 0 Å². The number of esters is 2. The first kappa shape index (κ1) is 24.7. The molecule has 4 rings (SSSR count). The molecule has 2 aromatic carbocycles. The van der Waals surface area contributed by atoms with Crippen LogP contribution < -0.4 is 10.4 Å². The predicted molar refractivity (Wildman–Crippen MR) is 134 cm³/mol. The molecule has 0 aromatic heterocycles. The molecule has 6 heteroatoms. The van der Waals surface area contributed by atoms with Gasteiger partial charge in [0.05, 0.1) is 17.4 Å². The first-order chi connectivity index (χ1) is 15.9.